The molecule has 98 valence electrons. The lowest BCUT2D eigenvalue weighted by Gasteiger charge is -2.26. The summed E-state index contributed by atoms with van der Waals surface area (Å²) in [6, 6.07) is 13.4. The molecule has 0 aromatic heterocycles. The monoisotopic (exact) mass is 257 g/mol. The summed E-state index contributed by atoms with van der Waals surface area (Å²) in [4.78, 5) is 11.7. The average Bonchev–Trinajstić information content (AvgIpc) is 2.41. The van der Waals surface area contributed by atoms with E-state index in [1.807, 2.05) is 6.07 Å². The van der Waals surface area contributed by atoms with Crippen LogP contribution in [0.15, 0.2) is 48.5 Å². The van der Waals surface area contributed by atoms with Crippen LogP contribution < -0.4 is 5.73 Å². The highest BCUT2D eigenvalue weighted by molar-refractivity contribution is 5.86. The van der Waals surface area contributed by atoms with Crippen LogP contribution in [0.2, 0.25) is 0 Å². The van der Waals surface area contributed by atoms with E-state index in [2.05, 4.69) is 0 Å². The van der Waals surface area contributed by atoms with E-state index in [-0.39, 0.29) is 11.4 Å². The average molecular weight is 257 g/mol. The van der Waals surface area contributed by atoms with Gasteiger partial charge >= 0.3 is 5.97 Å². The van der Waals surface area contributed by atoms with Crippen molar-refractivity contribution in [1.82, 2.24) is 0 Å². The van der Waals surface area contributed by atoms with Gasteiger partial charge in [-0.05, 0) is 30.2 Å². The third-order valence-electron chi connectivity index (χ3n) is 3.39. The Labute approximate surface area is 111 Å². The molecule has 0 heterocycles. The predicted octanol–water partition coefficient (Wildman–Crippen LogP) is 2.36. The van der Waals surface area contributed by atoms with Crippen LogP contribution in [0.5, 0.6) is 5.75 Å². The smallest absolute Gasteiger partial charge is 0.318 e. The molecule has 0 fully saturated rings. The largest absolute Gasteiger partial charge is 0.506 e. The molecule has 4 heteroatoms. The van der Waals surface area contributed by atoms with Crippen LogP contribution in [0.1, 0.15) is 18.1 Å². The molecule has 0 aliphatic carbocycles. The molecule has 2 aromatic carbocycles. The fourth-order valence-corrected chi connectivity index (χ4v) is 2.04. The Bertz CT molecular complexity index is 610. The van der Waals surface area contributed by atoms with E-state index < -0.39 is 11.4 Å². The number of phenolic OH excluding ortho intramolecular Hbond substituents is 1. The normalized spacial score (nSPS) is 13.7. The fourth-order valence-electron chi connectivity index (χ4n) is 2.04. The van der Waals surface area contributed by atoms with Crippen molar-refractivity contribution in [3.63, 3.8) is 0 Å². The van der Waals surface area contributed by atoms with Gasteiger partial charge in [0.25, 0.3) is 0 Å². The van der Waals surface area contributed by atoms with Crippen molar-refractivity contribution in [2.24, 2.45) is 0 Å². The first-order valence-corrected chi connectivity index (χ1v) is 5.84. The third-order valence-corrected chi connectivity index (χ3v) is 3.39. The molecule has 4 nitrogen and oxygen atoms in total. The van der Waals surface area contributed by atoms with Crippen molar-refractivity contribution in [3.8, 4) is 5.75 Å². The van der Waals surface area contributed by atoms with E-state index in [0.717, 1.165) is 0 Å². The van der Waals surface area contributed by atoms with Crippen LogP contribution in [-0.2, 0) is 10.2 Å². The van der Waals surface area contributed by atoms with Gasteiger partial charge in [0.1, 0.15) is 11.2 Å². The number of nitrogens with two attached hydrogens (primary N) is 1. The van der Waals surface area contributed by atoms with E-state index in [1.54, 1.807) is 37.3 Å². The van der Waals surface area contributed by atoms with Crippen LogP contribution in [0.4, 0.5) is 5.69 Å². The molecular formula is C15H15NO3. The van der Waals surface area contributed by atoms with E-state index in [1.165, 1.54) is 12.1 Å². The van der Waals surface area contributed by atoms with Crippen LogP contribution in [0, 0.1) is 0 Å². The highest BCUT2D eigenvalue weighted by atomic mass is 16.4. The van der Waals surface area contributed by atoms with Gasteiger partial charge in [-0.2, -0.15) is 0 Å². The van der Waals surface area contributed by atoms with Gasteiger partial charge in [-0.25, -0.2) is 0 Å². The first kappa shape index (κ1) is 13.0. The Morgan fingerprint density at radius 3 is 2.26 bits per heavy atom. The second kappa shape index (κ2) is 4.65. The van der Waals surface area contributed by atoms with Crippen LogP contribution in [0.3, 0.4) is 0 Å². The standard InChI is InChI=1S/C15H15NO3/c1-15(14(18)19,10-5-3-2-4-6-10)11-7-8-12(16)13(17)9-11/h2-9,17H,16H2,1H3,(H,18,19). The van der Waals surface area contributed by atoms with Gasteiger partial charge in [0.05, 0.1) is 5.69 Å². The van der Waals surface area contributed by atoms with E-state index in [9.17, 15) is 15.0 Å². The number of carbonyl (C=O) groups is 1. The molecule has 2 aromatic rings. The topological polar surface area (TPSA) is 83.5 Å². The SMILES string of the molecule is CC(C(=O)O)(c1ccccc1)c1ccc(N)c(O)c1. The Morgan fingerprint density at radius 1 is 1.11 bits per heavy atom. The van der Waals surface area contributed by atoms with Crippen molar-refractivity contribution in [2.75, 3.05) is 5.73 Å². The number of nitrogen functional groups attached to an aromatic ring is 1. The van der Waals surface area contributed by atoms with Gasteiger partial charge in [0.2, 0.25) is 0 Å². The predicted molar refractivity (Wildman–Crippen MR) is 73.1 cm³/mol. The number of hydrogen-bond donors (Lipinski definition) is 3. The summed E-state index contributed by atoms with van der Waals surface area (Å²) < 4.78 is 0. The maximum atomic E-state index is 11.7. The highest BCUT2D eigenvalue weighted by Crippen LogP contribution is 2.35. The molecule has 0 aliphatic heterocycles. The minimum absolute atomic E-state index is 0.110. The highest BCUT2D eigenvalue weighted by Gasteiger charge is 2.37. The van der Waals surface area contributed by atoms with Crippen molar-refractivity contribution in [2.45, 2.75) is 12.3 Å². The van der Waals surface area contributed by atoms with Crippen LogP contribution in [-0.4, -0.2) is 16.2 Å². The zero-order valence-corrected chi connectivity index (χ0v) is 10.5. The summed E-state index contributed by atoms with van der Waals surface area (Å²) in [7, 11) is 0. The number of aliphatic carboxylic acids is 1. The molecular weight excluding hydrogens is 242 g/mol. The Kier molecular flexibility index (Phi) is 3.17. The zero-order chi connectivity index (χ0) is 14.0. The molecule has 1 atom stereocenters. The van der Waals surface area contributed by atoms with Gasteiger partial charge in [-0.1, -0.05) is 36.4 Å². The molecule has 0 bridgehead atoms. The maximum Gasteiger partial charge on any atom is 0.318 e. The van der Waals surface area contributed by atoms with Gasteiger partial charge in [0.15, 0.2) is 0 Å². The Hall–Kier alpha value is -2.49. The number of carboxylic acids is 1. The van der Waals surface area contributed by atoms with Crippen LogP contribution >= 0.6 is 0 Å². The zero-order valence-electron chi connectivity index (χ0n) is 10.5. The van der Waals surface area contributed by atoms with Crippen molar-refractivity contribution < 1.29 is 15.0 Å². The quantitative estimate of drug-likeness (QED) is 0.582. The molecule has 2 rings (SSSR count). The first-order valence-electron chi connectivity index (χ1n) is 5.84. The summed E-state index contributed by atoms with van der Waals surface area (Å²) in [5, 5.41) is 19.3. The minimum atomic E-state index is -1.23. The molecule has 0 saturated heterocycles. The summed E-state index contributed by atoms with van der Waals surface area (Å²) in [6.07, 6.45) is 0. The van der Waals surface area contributed by atoms with Crippen molar-refractivity contribution in [1.29, 1.82) is 0 Å². The molecule has 0 radical (unpaired) electrons. The van der Waals surface area contributed by atoms with E-state index in [4.69, 9.17) is 5.73 Å². The van der Waals surface area contributed by atoms with Crippen molar-refractivity contribution >= 4 is 11.7 Å². The van der Waals surface area contributed by atoms with E-state index >= 15 is 0 Å². The number of carboxylic acid groups (broad SMARTS) is 1. The summed E-state index contributed by atoms with van der Waals surface area (Å²) in [5.74, 6) is -1.09. The Balaban J connectivity index is 2.63. The lowest BCUT2D eigenvalue weighted by Crippen LogP contribution is -2.33. The lowest BCUT2D eigenvalue weighted by molar-refractivity contribution is -0.141. The molecule has 0 saturated carbocycles. The molecule has 1 unspecified atom stereocenters. The first-order chi connectivity index (χ1) is 8.96. The number of rotatable bonds is 3. The number of benzene rings is 2. The fraction of sp³-hybridized carbons (Fsp3) is 0.133. The summed E-state index contributed by atoms with van der Waals surface area (Å²) in [5.41, 5.74) is 5.68. The second-order valence-corrected chi connectivity index (χ2v) is 4.57. The van der Waals surface area contributed by atoms with Gasteiger partial charge in [-0.15, -0.1) is 0 Å². The molecule has 0 spiro atoms. The second-order valence-electron chi connectivity index (χ2n) is 4.57. The minimum Gasteiger partial charge on any atom is -0.506 e. The number of hydrogen-bond acceptors (Lipinski definition) is 3. The lowest BCUT2D eigenvalue weighted by atomic mass is 9.76. The molecule has 0 amide bonds. The number of phenols is 1. The maximum absolute atomic E-state index is 11.7. The van der Waals surface area contributed by atoms with Gasteiger partial charge in [-0.3, -0.25) is 4.79 Å². The summed E-state index contributed by atoms with van der Waals surface area (Å²) >= 11 is 0. The van der Waals surface area contributed by atoms with Gasteiger partial charge in [0, 0.05) is 0 Å². The van der Waals surface area contributed by atoms with E-state index in [0.29, 0.717) is 11.1 Å². The number of anilines is 1. The third kappa shape index (κ3) is 2.12. The molecule has 4 N–H and O–H groups in total. The number of aromatic hydroxyl groups is 1. The van der Waals surface area contributed by atoms with Crippen LogP contribution in [0.25, 0.3) is 0 Å². The van der Waals surface area contributed by atoms with Crippen molar-refractivity contribution in [3.05, 3.63) is 59.7 Å². The van der Waals surface area contributed by atoms with Gasteiger partial charge < -0.3 is 15.9 Å². The Morgan fingerprint density at radius 2 is 1.74 bits per heavy atom. The molecule has 19 heavy (non-hydrogen) atoms. The molecule has 0 aliphatic rings. The summed E-state index contributed by atoms with van der Waals surface area (Å²) in [6.45, 7) is 1.61.